The van der Waals surface area contributed by atoms with Gasteiger partial charge in [-0.05, 0) is 77.8 Å². The van der Waals surface area contributed by atoms with E-state index in [1.54, 1.807) is 12.1 Å². The molecule has 1 N–H and O–H groups in total. The number of hydrogen-bond donors (Lipinski definition) is 1. The van der Waals surface area contributed by atoms with E-state index >= 15 is 0 Å². The van der Waals surface area contributed by atoms with Gasteiger partial charge in [0.1, 0.15) is 11.6 Å². The van der Waals surface area contributed by atoms with Crippen molar-refractivity contribution in [1.29, 1.82) is 5.26 Å². The molecule has 0 saturated heterocycles. The van der Waals surface area contributed by atoms with E-state index in [1.165, 1.54) is 0 Å². The van der Waals surface area contributed by atoms with Crippen LogP contribution in [-0.4, -0.2) is 10.5 Å². The van der Waals surface area contributed by atoms with Gasteiger partial charge in [-0.1, -0.05) is 29.8 Å². The first-order valence-electron chi connectivity index (χ1n) is 8.53. The van der Waals surface area contributed by atoms with Gasteiger partial charge in [-0.2, -0.15) is 5.26 Å². The van der Waals surface area contributed by atoms with Gasteiger partial charge in [0.2, 0.25) is 0 Å². The molecule has 2 aromatic carbocycles. The number of halogens is 2. The summed E-state index contributed by atoms with van der Waals surface area (Å²) in [4.78, 5) is 12.6. The van der Waals surface area contributed by atoms with Crippen LogP contribution in [0.15, 0.2) is 64.6 Å². The Bertz CT molecular complexity index is 1130. The van der Waals surface area contributed by atoms with E-state index in [1.807, 2.05) is 73.0 Å². The van der Waals surface area contributed by atoms with Gasteiger partial charge in [0.05, 0.1) is 5.69 Å². The van der Waals surface area contributed by atoms with Gasteiger partial charge >= 0.3 is 0 Å². The smallest absolute Gasteiger partial charge is 0.266 e. The molecule has 0 bridgehead atoms. The maximum Gasteiger partial charge on any atom is 0.266 e. The Morgan fingerprint density at radius 1 is 1.18 bits per heavy atom. The van der Waals surface area contributed by atoms with E-state index in [4.69, 9.17) is 11.6 Å². The molecule has 0 aliphatic carbocycles. The molecule has 0 spiro atoms. The minimum atomic E-state index is -0.457. The second kappa shape index (κ2) is 8.47. The molecular formula is C22H17BrClN3O. The number of nitriles is 1. The quantitative estimate of drug-likeness (QED) is 0.385. The monoisotopic (exact) mass is 453 g/mol. The number of hydrogen-bond acceptors (Lipinski definition) is 2. The van der Waals surface area contributed by atoms with E-state index in [9.17, 15) is 10.1 Å². The van der Waals surface area contributed by atoms with Crippen molar-refractivity contribution in [3.63, 3.8) is 0 Å². The summed E-state index contributed by atoms with van der Waals surface area (Å²) < 4.78 is 2.79. The average Bonchev–Trinajstić information content (AvgIpc) is 2.94. The van der Waals surface area contributed by atoms with Gasteiger partial charge in [-0.25, -0.2) is 0 Å². The van der Waals surface area contributed by atoms with Crippen molar-refractivity contribution in [3.05, 3.63) is 86.6 Å². The van der Waals surface area contributed by atoms with Crippen molar-refractivity contribution in [1.82, 2.24) is 4.57 Å². The Balaban J connectivity index is 1.95. The van der Waals surface area contributed by atoms with E-state index in [0.29, 0.717) is 10.7 Å². The van der Waals surface area contributed by atoms with Gasteiger partial charge in [-0.15, -0.1) is 0 Å². The summed E-state index contributed by atoms with van der Waals surface area (Å²) in [6.45, 7) is 3.92. The Morgan fingerprint density at radius 3 is 2.61 bits per heavy atom. The largest absolute Gasteiger partial charge is 0.320 e. The first kappa shape index (κ1) is 19.9. The van der Waals surface area contributed by atoms with E-state index in [0.717, 1.165) is 27.1 Å². The third-order valence-corrected chi connectivity index (χ3v) is 5.25. The molecule has 3 aromatic rings. The van der Waals surface area contributed by atoms with Crippen LogP contribution in [0.3, 0.4) is 0 Å². The lowest BCUT2D eigenvalue weighted by atomic mass is 10.1. The summed E-state index contributed by atoms with van der Waals surface area (Å²) in [5, 5.41) is 12.9. The fourth-order valence-corrected chi connectivity index (χ4v) is 3.57. The number of aromatic nitrogens is 1. The third kappa shape index (κ3) is 4.19. The van der Waals surface area contributed by atoms with Crippen LogP contribution >= 0.6 is 27.5 Å². The number of nitrogens with one attached hydrogen (secondary N) is 1. The number of para-hydroxylation sites is 1. The lowest BCUT2D eigenvalue weighted by molar-refractivity contribution is -0.112. The molecule has 4 nitrogen and oxygen atoms in total. The highest BCUT2D eigenvalue weighted by Crippen LogP contribution is 2.25. The maximum absolute atomic E-state index is 12.6. The molecule has 140 valence electrons. The highest BCUT2D eigenvalue weighted by atomic mass is 79.9. The summed E-state index contributed by atoms with van der Waals surface area (Å²) in [5.74, 6) is -0.457. The zero-order chi connectivity index (χ0) is 20.3. The highest BCUT2D eigenvalue weighted by molar-refractivity contribution is 9.10. The first-order valence-corrected chi connectivity index (χ1v) is 9.70. The van der Waals surface area contributed by atoms with Crippen molar-refractivity contribution in [2.24, 2.45) is 0 Å². The molecule has 0 aliphatic heterocycles. The Labute approximate surface area is 177 Å². The molecule has 6 heteroatoms. The molecule has 1 heterocycles. The number of anilines is 1. The number of amides is 1. The van der Waals surface area contributed by atoms with Gasteiger partial charge in [0.25, 0.3) is 5.91 Å². The van der Waals surface area contributed by atoms with Crippen molar-refractivity contribution < 1.29 is 4.79 Å². The van der Waals surface area contributed by atoms with Crippen LogP contribution in [0.1, 0.15) is 17.0 Å². The minimum Gasteiger partial charge on any atom is -0.320 e. The summed E-state index contributed by atoms with van der Waals surface area (Å²) >= 11 is 9.51. The molecule has 1 aromatic heterocycles. The van der Waals surface area contributed by atoms with Crippen LogP contribution in [0.25, 0.3) is 11.8 Å². The molecule has 0 saturated carbocycles. The fourth-order valence-electron chi connectivity index (χ4n) is 3.00. The summed E-state index contributed by atoms with van der Waals surface area (Å²) in [7, 11) is 0. The van der Waals surface area contributed by atoms with Gasteiger partial charge in [0.15, 0.2) is 0 Å². The zero-order valence-corrected chi connectivity index (χ0v) is 17.7. The second-order valence-corrected chi connectivity index (χ2v) is 7.54. The van der Waals surface area contributed by atoms with Crippen LogP contribution in [0.5, 0.6) is 0 Å². The lowest BCUT2D eigenvalue weighted by Crippen LogP contribution is -2.13. The Kier molecular flexibility index (Phi) is 6.03. The Morgan fingerprint density at radius 2 is 1.93 bits per heavy atom. The number of rotatable bonds is 4. The SMILES string of the molecule is Cc1cc(C=C(C#N)C(=O)Nc2ccccc2Br)c(C)n1-c1cccc(Cl)c1. The number of nitrogens with zero attached hydrogens (tertiary/aromatic N) is 2. The van der Waals surface area contributed by atoms with E-state index in [-0.39, 0.29) is 5.57 Å². The predicted molar refractivity (Wildman–Crippen MR) is 117 cm³/mol. The molecule has 0 radical (unpaired) electrons. The Hall–Kier alpha value is -2.81. The standard InChI is InChI=1S/C22H17BrClN3O/c1-14-10-16(15(2)27(14)19-7-5-6-18(24)12-19)11-17(13-25)22(28)26-21-9-4-3-8-20(21)23/h3-12H,1-2H3,(H,26,28). The normalized spacial score (nSPS) is 11.2. The first-order chi connectivity index (χ1) is 13.4. The third-order valence-electron chi connectivity index (χ3n) is 4.32. The number of aryl methyl sites for hydroxylation is 1. The van der Waals surface area contributed by atoms with Crippen LogP contribution in [0.4, 0.5) is 5.69 Å². The zero-order valence-electron chi connectivity index (χ0n) is 15.3. The molecular weight excluding hydrogens is 438 g/mol. The summed E-state index contributed by atoms with van der Waals surface area (Å²) in [5.41, 5.74) is 4.27. The van der Waals surface area contributed by atoms with E-state index in [2.05, 4.69) is 21.2 Å². The molecule has 0 atom stereocenters. The molecule has 0 fully saturated rings. The van der Waals surface area contributed by atoms with Gasteiger partial charge < -0.3 is 9.88 Å². The average molecular weight is 455 g/mol. The second-order valence-electron chi connectivity index (χ2n) is 6.25. The molecule has 1 amide bonds. The molecule has 0 aliphatic rings. The van der Waals surface area contributed by atoms with Crippen LogP contribution in [-0.2, 0) is 4.79 Å². The highest BCUT2D eigenvalue weighted by Gasteiger charge is 2.15. The van der Waals surface area contributed by atoms with Gasteiger partial charge in [0, 0.05) is 26.6 Å². The van der Waals surface area contributed by atoms with Crippen molar-refractivity contribution in [2.45, 2.75) is 13.8 Å². The maximum atomic E-state index is 12.6. The molecule has 0 unspecified atom stereocenters. The molecule has 28 heavy (non-hydrogen) atoms. The molecule has 3 rings (SSSR count). The summed E-state index contributed by atoms with van der Waals surface area (Å²) in [6, 6.07) is 18.7. The van der Waals surface area contributed by atoms with Crippen LogP contribution in [0.2, 0.25) is 5.02 Å². The van der Waals surface area contributed by atoms with Crippen LogP contribution in [0, 0.1) is 25.2 Å². The predicted octanol–water partition coefficient (Wildman–Crippen LogP) is 6.06. The van der Waals surface area contributed by atoms with Gasteiger partial charge in [-0.3, -0.25) is 4.79 Å². The fraction of sp³-hybridized carbons (Fsp3) is 0.0909. The van der Waals surface area contributed by atoms with E-state index < -0.39 is 5.91 Å². The number of benzene rings is 2. The minimum absolute atomic E-state index is 0.0297. The van der Waals surface area contributed by atoms with Crippen molar-refractivity contribution >= 4 is 45.2 Å². The van der Waals surface area contributed by atoms with Crippen molar-refractivity contribution in [3.8, 4) is 11.8 Å². The lowest BCUT2D eigenvalue weighted by Gasteiger charge is -2.10. The number of carbonyl (C=O) groups excluding carboxylic acids is 1. The summed E-state index contributed by atoms with van der Waals surface area (Å²) in [6.07, 6.45) is 1.61. The van der Waals surface area contributed by atoms with Crippen molar-refractivity contribution in [2.75, 3.05) is 5.32 Å². The van der Waals surface area contributed by atoms with Crippen LogP contribution < -0.4 is 5.32 Å². The topological polar surface area (TPSA) is 57.8 Å². The number of carbonyl (C=O) groups is 1.